The fraction of sp³-hybridized carbons (Fsp3) is 0.562. The molecule has 4 nitrogen and oxygen atoms in total. The summed E-state index contributed by atoms with van der Waals surface area (Å²) in [5, 5.41) is 13.0. The highest BCUT2D eigenvalue weighted by Gasteiger charge is 2.08. The Morgan fingerprint density at radius 2 is 1.95 bits per heavy atom. The van der Waals surface area contributed by atoms with Crippen molar-refractivity contribution in [3.8, 4) is 5.75 Å². The molecular weight excluding hydrogens is 254 g/mol. The fourth-order valence-electron chi connectivity index (χ4n) is 1.67. The Kier molecular flexibility index (Phi) is 7.26. The first-order valence-electron chi connectivity index (χ1n) is 7.24. The van der Waals surface area contributed by atoms with Gasteiger partial charge in [-0.05, 0) is 37.6 Å². The smallest absolute Gasteiger partial charge is 0.162 e. The molecule has 0 heterocycles. The molecule has 0 bridgehead atoms. The summed E-state index contributed by atoms with van der Waals surface area (Å²) in [6.45, 7) is 6.77. The van der Waals surface area contributed by atoms with E-state index in [2.05, 4.69) is 19.2 Å². The lowest BCUT2D eigenvalue weighted by Crippen LogP contribution is -2.36. The number of nitrogens with one attached hydrogen (secondary N) is 1. The molecule has 2 atom stereocenters. The number of rotatable bonds is 9. The van der Waals surface area contributed by atoms with Crippen molar-refractivity contribution in [1.82, 2.24) is 5.32 Å². The zero-order valence-corrected chi connectivity index (χ0v) is 12.6. The van der Waals surface area contributed by atoms with Crippen LogP contribution in [0.25, 0.3) is 0 Å². The van der Waals surface area contributed by atoms with Crippen LogP contribution in [-0.4, -0.2) is 36.2 Å². The van der Waals surface area contributed by atoms with Gasteiger partial charge < -0.3 is 15.2 Å². The van der Waals surface area contributed by atoms with Gasteiger partial charge in [-0.25, -0.2) is 0 Å². The summed E-state index contributed by atoms with van der Waals surface area (Å²) in [6, 6.07) is 7.43. The van der Waals surface area contributed by atoms with E-state index in [4.69, 9.17) is 4.74 Å². The molecule has 0 aliphatic heterocycles. The van der Waals surface area contributed by atoms with E-state index in [-0.39, 0.29) is 12.4 Å². The first-order chi connectivity index (χ1) is 9.56. The first kappa shape index (κ1) is 16.7. The van der Waals surface area contributed by atoms with Crippen LogP contribution in [0.3, 0.4) is 0 Å². The minimum atomic E-state index is -0.541. The van der Waals surface area contributed by atoms with Gasteiger partial charge in [0.25, 0.3) is 0 Å². The van der Waals surface area contributed by atoms with E-state index in [0.717, 1.165) is 6.42 Å². The third kappa shape index (κ3) is 5.72. The third-order valence-corrected chi connectivity index (χ3v) is 3.25. The molecule has 0 saturated carbocycles. The van der Waals surface area contributed by atoms with Crippen molar-refractivity contribution in [1.29, 1.82) is 0 Å². The maximum absolute atomic E-state index is 11.5. The highest BCUT2D eigenvalue weighted by molar-refractivity contribution is 5.95. The number of hydrogen-bond acceptors (Lipinski definition) is 4. The third-order valence-electron chi connectivity index (χ3n) is 3.25. The topological polar surface area (TPSA) is 58.6 Å². The van der Waals surface area contributed by atoms with E-state index in [1.807, 2.05) is 6.92 Å². The van der Waals surface area contributed by atoms with E-state index in [9.17, 15) is 9.90 Å². The molecule has 0 amide bonds. The molecule has 0 fully saturated rings. The number of carbonyl (C=O) groups is 1. The van der Waals surface area contributed by atoms with Crippen molar-refractivity contribution in [2.45, 2.75) is 45.8 Å². The van der Waals surface area contributed by atoms with Crippen molar-refractivity contribution >= 4 is 5.78 Å². The molecule has 1 rings (SSSR count). The summed E-state index contributed by atoms with van der Waals surface area (Å²) >= 11 is 0. The normalized spacial score (nSPS) is 13.8. The fourth-order valence-corrected chi connectivity index (χ4v) is 1.67. The van der Waals surface area contributed by atoms with Crippen LogP contribution in [0.2, 0.25) is 0 Å². The van der Waals surface area contributed by atoms with Gasteiger partial charge in [0.15, 0.2) is 5.78 Å². The molecule has 4 heteroatoms. The van der Waals surface area contributed by atoms with Gasteiger partial charge in [0.1, 0.15) is 18.5 Å². The van der Waals surface area contributed by atoms with Crippen LogP contribution in [0.1, 0.15) is 44.0 Å². The van der Waals surface area contributed by atoms with E-state index in [1.165, 1.54) is 0 Å². The second-order valence-electron chi connectivity index (χ2n) is 4.98. The predicted molar refractivity (Wildman–Crippen MR) is 80.3 cm³/mol. The van der Waals surface area contributed by atoms with E-state index in [0.29, 0.717) is 30.3 Å². The average Bonchev–Trinajstić information content (AvgIpc) is 2.50. The zero-order chi connectivity index (χ0) is 15.0. The minimum Gasteiger partial charge on any atom is -0.491 e. The Labute approximate surface area is 121 Å². The van der Waals surface area contributed by atoms with E-state index >= 15 is 0 Å². The van der Waals surface area contributed by atoms with Gasteiger partial charge in [-0.1, -0.05) is 13.8 Å². The van der Waals surface area contributed by atoms with Crippen LogP contribution in [-0.2, 0) is 0 Å². The summed E-state index contributed by atoms with van der Waals surface area (Å²) < 4.78 is 5.50. The van der Waals surface area contributed by atoms with Crippen LogP contribution < -0.4 is 10.1 Å². The first-order valence-corrected chi connectivity index (χ1v) is 7.24. The molecule has 0 aliphatic rings. The maximum Gasteiger partial charge on any atom is 0.162 e. The second kappa shape index (κ2) is 8.72. The quantitative estimate of drug-likeness (QED) is 0.682. The zero-order valence-electron chi connectivity index (χ0n) is 12.6. The van der Waals surface area contributed by atoms with Gasteiger partial charge >= 0.3 is 0 Å². The van der Waals surface area contributed by atoms with Crippen LogP contribution in [0, 0.1) is 0 Å². The Hall–Kier alpha value is -1.39. The van der Waals surface area contributed by atoms with Gasteiger partial charge in [0.05, 0.1) is 0 Å². The molecule has 1 aromatic carbocycles. The Morgan fingerprint density at radius 3 is 2.50 bits per heavy atom. The minimum absolute atomic E-state index is 0.120. The lowest BCUT2D eigenvalue weighted by atomic mass is 10.1. The molecule has 0 unspecified atom stereocenters. The number of aliphatic hydroxyl groups excluding tert-OH is 1. The number of aliphatic hydroxyl groups is 1. The van der Waals surface area contributed by atoms with Gasteiger partial charge in [0, 0.05) is 24.6 Å². The molecule has 0 radical (unpaired) electrons. The number of hydrogen-bond donors (Lipinski definition) is 2. The largest absolute Gasteiger partial charge is 0.491 e. The number of ether oxygens (including phenoxy) is 1. The van der Waals surface area contributed by atoms with Gasteiger partial charge in [-0.3, -0.25) is 4.79 Å². The number of ketones is 1. The van der Waals surface area contributed by atoms with Crippen LogP contribution in [0.15, 0.2) is 24.3 Å². The standard InChI is InChI=1S/C16H25NO3/c1-4-12(3)17-10-14(18)11-20-15-8-6-13(7-9-15)16(19)5-2/h6-9,12,14,17-18H,4-5,10-11H2,1-3H3/t12-,14+/m1/s1. The number of benzene rings is 1. The summed E-state index contributed by atoms with van der Waals surface area (Å²) in [7, 11) is 0. The molecule has 0 spiro atoms. The Morgan fingerprint density at radius 1 is 1.30 bits per heavy atom. The summed E-state index contributed by atoms with van der Waals surface area (Å²) in [5.74, 6) is 0.787. The molecule has 1 aromatic rings. The molecular formula is C16H25NO3. The van der Waals surface area contributed by atoms with Crippen LogP contribution in [0.5, 0.6) is 5.75 Å². The molecule has 112 valence electrons. The summed E-state index contributed by atoms with van der Waals surface area (Å²) in [4.78, 5) is 11.5. The van der Waals surface area contributed by atoms with Crippen molar-refractivity contribution in [2.24, 2.45) is 0 Å². The van der Waals surface area contributed by atoms with Crippen molar-refractivity contribution in [2.75, 3.05) is 13.2 Å². The molecule has 0 aliphatic carbocycles. The number of Topliss-reactive ketones (excluding diaryl/α,β-unsaturated/α-hetero) is 1. The second-order valence-corrected chi connectivity index (χ2v) is 4.98. The van der Waals surface area contributed by atoms with E-state index in [1.54, 1.807) is 24.3 Å². The van der Waals surface area contributed by atoms with Crippen molar-refractivity contribution in [3.05, 3.63) is 29.8 Å². The molecule has 2 N–H and O–H groups in total. The monoisotopic (exact) mass is 279 g/mol. The van der Waals surface area contributed by atoms with E-state index < -0.39 is 6.10 Å². The number of carbonyl (C=O) groups excluding carboxylic acids is 1. The average molecular weight is 279 g/mol. The van der Waals surface area contributed by atoms with Crippen molar-refractivity contribution < 1.29 is 14.6 Å². The van der Waals surface area contributed by atoms with Gasteiger partial charge in [0.2, 0.25) is 0 Å². The molecule has 0 aromatic heterocycles. The highest BCUT2D eigenvalue weighted by atomic mass is 16.5. The SMILES string of the molecule is CCC(=O)c1ccc(OC[C@@H](O)CN[C@H](C)CC)cc1. The van der Waals surface area contributed by atoms with Crippen molar-refractivity contribution in [3.63, 3.8) is 0 Å². The lowest BCUT2D eigenvalue weighted by Gasteiger charge is -2.16. The van der Waals surface area contributed by atoms with Gasteiger partial charge in [-0.2, -0.15) is 0 Å². The summed E-state index contributed by atoms with van der Waals surface area (Å²) in [6.07, 6.45) is 0.988. The maximum atomic E-state index is 11.5. The Balaban J connectivity index is 2.36. The van der Waals surface area contributed by atoms with Gasteiger partial charge in [-0.15, -0.1) is 0 Å². The lowest BCUT2D eigenvalue weighted by molar-refractivity contribution is 0.0986. The van der Waals surface area contributed by atoms with Crippen LogP contribution in [0.4, 0.5) is 0 Å². The summed E-state index contributed by atoms with van der Waals surface area (Å²) in [5.41, 5.74) is 0.693. The molecule has 20 heavy (non-hydrogen) atoms. The highest BCUT2D eigenvalue weighted by Crippen LogP contribution is 2.13. The Bertz CT molecular complexity index is 403. The molecule has 0 saturated heterocycles. The predicted octanol–water partition coefficient (Wildman–Crippen LogP) is 2.41. The van der Waals surface area contributed by atoms with Crippen LogP contribution >= 0.6 is 0 Å².